The van der Waals surface area contributed by atoms with Gasteiger partial charge in [-0.15, -0.1) is 11.3 Å². The molecule has 0 unspecified atom stereocenters. The van der Waals surface area contributed by atoms with Crippen LogP contribution in [0.3, 0.4) is 0 Å². The van der Waals surface area contributed by atoms with Gasteiger partial charge in [0.15, 0.2) is 5.13 Å². The molecule has 1 N–H and O–H groups in total. The number of hydrogen-bond acceptors (Lipinski definition) is 6. The smallest absolute Gasteiger partial charge is 0.350 e. The summed E-state index contributed by atoms with van der Waals surface area (Å²) in [4.78, 5) is 29.4. The third-order valence-corrected chi connectivity index (χ3v) is 4.85. The van der Waals surface area contributed by atoms with Crippen molar-refractivity contribution in [2.45, 2.75) is 26.7 Å². The fourth-order valence-corrected chi connectivity index (χ4v) is 3.63. The number of amides is 1. The number of nitrogens with zero attached hydrogens (tertiary/aromatic N) is 1. The Balaban J connectivity index is 2.10. The minimum absolute atomic E-state index is 0.209. The lowest BCUT2D eigenvalue weighted by molar-refractivity contribution is 0.0605. The molecule has 0 atom stereocenters. The number of aryl methyl sites for hydroxylation is 2. The Morgan fingerprint density at radius 1 is 1.43 bits per heavy atom. The van der Waals surface area contributed by atoms with Gasteiger partial charge in [0.1, 0.15) is 4.88 Å². The maximum Gasteiger partial charge on any atom is 0.350 e. The molecule has 0 spiro atoms. The molecule has 0 saturated heterocycles. The maximum atomic E-state index is 12.1. The second kappa shape index (κ2) is 6.82. The van der Waals surface area contributed by atoms with E-state index in [9.17, 15) is 9.59 Å². The predicted octanol–water partition coefficient (Wildman–Crippen LogP) is 3.50. The van der Waals surface area contributed by atoms with Crippen molar-refractivity contribution in [1.82, 2.24) is 4.98 Å². The SMILES string of the molecule is CCCc1cc(C(=O)Nc2nc(C)c(C(=O)OC)s2)cs1. The van der Waals surface area contributed by atoms with E-state index in [0.29, 0.717) is 21.3 Å². The van der Waals surface area contributed by atoms with Crippen molar-refractivity contribution in [2.75, 3.05) is 12.4 Å². The highest BCUT2D eigenvalue weighted by atomic mass is 32.1. The van der Waals surface area contributed by atoms with Gasteiger partial charge in [-0.05, 0) is 19.4 Å². The summed E-state index contributed by atoms with van der Waals surface area (Å²) in [5.41, 5.74) is 1.18. The Hall–Kier alpha value is -1.73. The lowest BCUT2D eigenvalue weighted by Crippen LogP contribution is -2.10. The van der Waals surface area contributed by atoms with E-state index in [1.54, 1.807) is 18.3 Å². The Bertz CT molecular complexity index is 661. The van der Waals surface area contributed by atoms with Gasteiger partial charge in [0, 0.05) is 10.3 Å². The van der Waals surface area contributed by atoms with Crippen LogP contribution in [-0.2, 0) is 11.2 Å². The minimum Gasteiger partial charge on any atom is -0.465 e. The molecule has 0 bridgehead atoms. The molecular formula is C14H16N2O3S2. The van der Waals surface area contributed by atoms with Crippen molar-refractivity contribution < 1.29 is 14.3 Å². The second-order valence-electron chi connectivity index (χ2n) is 4.43. The van der Waals surface area contributed by atoms with Crippen molar-refractivity contribution in [2.24, 2.45) is 0 Å². The van der Waals surface area contributed by atoms with Crippen LogP contribution in [-0.4, -0.2) is 24.0 Å². The Morgan fingerprint density at radius 3 is 2.86 bits per heavy atom. The first-order chi connectivity index (χ1) is 10.0. The first-order valence-corrected chi connectivity index (χ1v) is 8.19. The molecule has 2 aromatic heterocycles. The number of methoxy groups -OCH3 is 1. The third-order valence-electron chi connectivity index (χ3n) is 2.80. The van der Waals surface area contributed by atoms with Crippen molar-refractivity contribution >= 4 is 39.7 Å². The van der Waals surface area contributed by atoms with Crippen LogP contribution in [0.4, 0.5) is 5.13 Å². The fourth-order valence-electron chi connectivity index (χ4n) is 1.78. The molecule has 0 aliphatic heterocycles. The number of nitrogens with one attached hydrogen (secondary N) is 1. The minimum atomic E-state index is -0.439. The molecule has 2 heterocycles. The van der Waals surface area contributed by atoms with Gasteiger partial charge in [-0.1, -0.05) is 24.7 Å². The van der Waals surface area contributed by atoms with E-state index in [1.807, 2.05) is 11.4 Å². The van der Waals surface area contributed by atoms with Crippen LogP contribution in [0.2, 0.25) is 0 Å². The van der Waals surface area contributed by atoms with Gasteiger partial charge in [0.25, 0.3) is 5.91 Å². The Labute approximate surface area is 131 Å². The van der Waals surface area contributed by atoms with Crippen molar-refractivity contribution in [1.29, 1.82) is 0 Å². The van der Waals surface area contributed by atoms with E-state index in [1.165, 1.54) is 12.0 Å². The molecule has 5 nitrogen and oxygen atoms in total. The number of aromatic nitrogens is 1. The van der Waals surface area contributed by atoms with Gasteiger partial charge < -0.3 is 4.74 Å². The lowest BCUT2D eigenvalue weighted by atomic mass is 10.2. The number of carbonyl (C=O) groups is 2. The number of anilines is 1. The summed E-state index contributed by atoms with van der Waals surface area (Å²) in [6.45, 7) is 3.81. The molecule has 0 radical (unpaired) electrons. The van der Waals surface area contributed by atoms with Gasteiger partial charge >= 0.3 is 5.97 Å². The quantitative estimate of drug-likeness (QED) is 0.855. The maximum absolute atomic E-state index is 12.1. The van der Waals surface area contributed by atoms with E-state index in [2.05, 4.69) is 22.0 Å². The van der Waals surface area contributed by atoms with Gasteiger partial charge in [-0.2, -0.15) is 0 Å². The molecule has 0 aliphatic rings. The number of thiazole rings is 1. The zero-order chi connectivity index (χ0) is 15.4. The summed E-state index contributed by atoms with van der Waals surface area (Å²) in [6.07, 6.45) is 2.02. The molecule has 0 saturated carbocycles. The lowest BCUT2D eigenvalue weighted by Gasteiger charge is -1.98. The molecular weight excluding hydrogens is 308 g/mol. The van der Waals surface area contributed by atoms with Crippen molar-refractivity contribution in [3.05, 3.63) is 32.5 Å². The largest absolute Gasteiger partial charge is 0.465 e. The number of thiophene rings is 1. The molecule has 2 aromatic rings. The highest BCUT2D eigenvalue weighted by Crippen LogP contribution is 2.24. The van der Waals surface area contributed by atoms with Crippen LogP contribution in [0.1, 0.15) is 43.9 Å². The molecule has 21 heavy (non-hydrogen) atoms. The van der Waals surface area contributed by atoms with E-state index < -0.39 is 5.97 Å². The number of ether oxygens (including phenoxy) is 1. The van der Waals surface area contributed by atoms with Gasteiger partial charge in [0.2, 0.25) is 0 Å². The van der Waals surface area contributed by atoms with Crippen LogP contribution in [0, 0.1) is 6.92 Å². The summed E-state index contributed by atoms with van der Waals surface area (Å²) < 4.78 is 4.67. The number of rotatable bonds is 5. The number of esters is 1. The number of carbonyl (C=O) groups excluding carboxylic acids is 2. The van der Waals surface area contributed by atoms with Gasteiger partial charge in [-0.25, -0.2) is 9.78 Å². The normalized spacial score (nSPS) is 10.4. The van der Waals surface area contributed by atoms with E-state index in [-0.39, 0.29) is 5.91 Å². The van der Waals surface area contributed by atoms with E-state index >= 15 is 0 Å². The number of hydrogen-bond donors (Lipinski definition) is 1. The van der Waals surface area contributed by atoms with Crippen molar-refractivity contribution in [3.63, 3.8) is 0 Å². The molecule has 0 aromatic carbocycles. The summed E-state index contributed by atoms with van der Waals surface area (Å²) >= 11 is 2.70. The summed E-state index contributed by atoms with van der Waals surface area (Å²) in [5.74, 6) is -0.648. The first-order valence-electron chi connectivity index (χ1n) is 6.49. The monoisotopic (exact) mass is 324 g/mol. The second-order valence-corrected chi connectivity index (χ2v) is 6.43. The average molecular weight is 324 g/mol. The van der Waals surface area contributed by atoms with Crippen LogP contribution in [0.15, 0.2) is 11.4 Å². The molecule has 1 amide bonds. The zero-order valence-electron chi connectivity index (χ0n) is 12.1. The molecule has 7 heteroatoms. The highest BCUT2D eigenvalue weighted by molar-refractivity contribution is 7.17. The third kappa shape index (κ3) is 3.68. The van der Waals surface area contributed by atoms with Gasteiger partial charge in [0.05, 0.1) is 18.4 Å². The fraction of sp³-hybridized carbons (Fsp3) is 0.357. The van der Waals surface area contributed by atoms with Crippen LogP contribution >= 0.6 is 22.7 Å². The van der Waals surface area contributed by atoms with E-state index in [4.69, 9.17) is 0 Å². The standard InChI is InChI=1S/C14H16N2O3S2/c1-4-5-10-6-9(7-20-10)12(17)16-14-15-8(2)11(21-14)13(18)19-3/h6-7H,4-5H2,1-3H3,(H,15,16,17). The molecule has 0 fully saturated rings. The summed E-state index contributed by atoms with van der Waals surface area (Å²) in [5, 5.41) is 4.96. The first kappa shape index (κ1) is 15.7. The summed E-state index contributed by atoms with van der Waals surface area (Å²) in [7, 11) is 1.32. The molecule has 2 rings (SSSR count). The zero-order valence-corrected chi connectivity index (χ0v) is 13.7. The Kier molecular flexibility index (Phi) is 5.08. The van der Waals surface area contributed by atoms with Crippen molar-refractivity contribution in [3.8, 4) is 0 Å². The van der Waals surface area contributed by atoms with E-state index in [0.717, 1.165) is 24.2 Å². The van der Waals surface area contributed by atoms with Crippen LogP contribution in [0.5, 0.6) is 0 Å². The highest BCUT2D eigenvalue weighted by Gasteiger charge is 2.17. The van der Waals surface area contributed by atoms with Gasteiger partial charge in [-0.3, -0.25) is 10.1 Å². The summed E-state index contributed by atoms with van der Waals surface area (Å²) in [6, 6.07) is 1.89. The predicted molar refractivity (Wildman–Crippen MR) is 84.5 cm³/mol. The Morgan fingerprint density at radius 2 is 2.19 bits per heavy atom. The van der Waals surface area contributed by atoms with Crippen LogP contribution in [0.25, 0.3) is 0 Å². The molecule has 0 aliphatic carbocycles. The topological polar surface area (TPSA) is 68.3 Å². The molecule has 112 valence electrons. The average Bonchev–Trinajstić information content (AvgIpc) is 3.05. The van der Waals surface area contributed by atoms with Crippen LogP contribution < -0.4 is 5.32 Å².